The Balaban J connectivity index is 1.81. The molecule has 1 amide bonds. The number of amides is 1. The van der Waals surface area contributed by atoms with Crippen LogP contribution in [-0.4, -0.2) is 28.9 Å². The third-order valence-electron chi connectivity index (χ3n) is 4.45. The second kappa shape index (κ2) is 7.36. The summed E-state index contributed by atoms with van der Waals surface area (Å²) in [5.41, 5.74) is 1.11. The molecule has 0 aliphatic carbocycles. The zero-order valence-electron chi connectivity index (χ0n) is 14.7. The van der Waals surface area contributed by atoms with Gasteiger partial charge in [0.15, 0.2) is 6.10 Å². The molecule has 8 heteroatoms. The number of hydrogen-bond acceptors (Lipinski definition) is 5. The lowest BCUT2D eigenvalue weighted by atomic mass is 10.1. The van der Waals surface area contributed by atoms with E-state index < -0.39 is 22.7 Å². The van der Waals surface area contributed by atoms with Crippen molar-refractivity contribution in [1.29, 1.82) is 0 Å². The number of benzene rings is 2. The lowest BCUT2D eigenvalue weighted by Crippen LogP contribution is -2.43. The number of ether oxygens (including phenoxy) is 1. The maximum atomic E-state index is 12.9. The van der Waals surface area contributed by atoms with Gasteiger partial charge in [0.25, 0.3) is 11.6 Å². The standard InChI is InChI=1S/C19H17ClN2O5/c1-11-9-13-5-3-4-6-16(13)21(11)18(23)12(2)27-19(24)15-10-14(20)7-8-17(15)22(25)26/h3-8,10-12H,9H2,1-2H3/t11-,12-/m0/s1. The number of nitro benzene ring substituents is 1. The molecule has 0 bridgehead atoms. The Labute approximate surface area is 160 Å². The molecule has 27 heavy (non-hydrogen) atoms. The second-order valence-corrected chi connectivity index (χ2v) is 6.79. The van der Waals surface area contributed by atoms with Crippen molar-refractivity contribution >= 4 is 34.9 Å². The van der Waals surface area contributed by atoms with E-state index in [2.05, 4.69) is 0 Å². The quantitative estimate of drug-likeness (QED) is 0.451. The second-order valence-electron chi connectivity index (χ2n) is 6.36. The molecule has 1 aliphatic rings. The van der Waals surface area contributed by atoms with Crippen molar-refractivity contribution in [2.24, 2.45) is 0 Å². The minimum absolute atomic E-state index is 0.0726. The summed E-state index contributed by atoms with van der Waals surface area (Å²) in [6.07, 6.45) is -0.396. The molecule has 0 fully saturated rings. The molecule has 7 nitrogen and oxygen atoms in total. The van der Waals surface area contributed by atoms with Crippen molar-refractivity contribution in [3.63, 3.8) is 0 Å². The lowest BCUT2D eigenvalue weighted by Gasteiger charge is -2.25. The van der Waals surface area contributed by atoms with Crippen molar-refractivity contribution in [1.82, 2.24) is 0 Å². The third kappa shape index (κ3) is 3.64. The first kappa shape index (κ1) is 18.8. The maximum Gasteiger partial charge on any atom is 0.345 e. The number of hydrogen-bond donors (Lipinski definition) is 0. The SMILES string of the molecule is C[C@H](OC(=O)c1cc(Cl)ccc1[N+](=O)[O-])C(=O)N1c2ccccc2C[C@@H]1C. The van der Waals surface area contributed by atoms with Gasteiger partial charge in [-0.25, -0.2) is 4.79 Å². The van der Waals surface area contributed by atoms with Crippen molar-refractivity contribution in [2.75, 3.05) is 4.90 Å². The van der Waals surface area contributed by atoms with Gasteiger partial charge in [-0.2, -0.15) is 0 Å². The molecule has 140 valence electrons. The topological polar surface area (TPSA) is 89.7 Å². The number of anilines is 1. The Hall–Kier alpha value is -2.93. The first-order chi connectivity index (χ1) is 12.8. The highest BCUT2D eigenvalue weighted by atomic mass is 35.5. The number of para-hydroxylation sites is 1. The first-order valence-electron chi connectivity index (χ1n) is 8.35. The van der Waals surface area contributed by atoms with Gasteiger partial charge in [-0.15, -0.1) is 0 Å². The predicted molar refractivity (Wildman–Crippen MR) is 100 cm³/mol. The Morgan fingerprint density at radius 3 is 2.70 bits per heavy atom. The number of rotatable bonds is 4. The Morgan fingerprint density at radius 2 is 2.00 bits per heavy atom. The van der Waals surface area contributed by atoms with Gasteiger partial charge in [-0.1, -0.05) is 29.8 Å². The number of halogens is 1. The molecule has 3 rings (SSSR count). The molecule has 0 saturated heterocycles. The zero-order valence-corrected chi connectivity index (χ0v) is 15.5. The van der Waals surface area contributed by atoms with Crippen LogP contribution in [-0.2, 0) is 16.0 Å². The normalized spacial score (nSPS) is 16.6. The molecule has 2 atom stereocenters. The molecule has 0 unspecified atom stereocenters. The molecule has 0 N–H and O–H groups in total. The summed E-state index contributed by atoms with van der Waals surface area (Å²) in [5.74, 6) is -1.35. The molecule has 2 aromatic rings. The van der Waals surface area contributed by atoms with Crippen LogP contribution in [0.15, 0.2) is 42.5 Å². The summed E-state index contributed by atoms with van der Waals surface area (Å²) in [6, 6.07) is 11.1. The maximum absolute atomic E-state index is 12.9. The monoisotopic (exact) mass is 388 g/mol. The highest BCUT2D eigenvalue weighted by Crippen LogP contribution is 2.32. The fourth-order valence-electron chi connectivity index (χ4n) is 3.20. The summed E-state index contributed by atoms with van der Waals surface area (Å²) >= 11 is 5.84. The third-order valence-corrected chi connectivity index (χ3v) is 4.69. The Morgan fingerprint density at radius 1 is 1.30 bits per heavy atom. The average Bonchev–Trinajstić information content (AvgIpc) is 2.96. The van der Waals surface area contributed by atoms with Crippen LogP contribution in [0.3, 0.4) is 0 Å². The van der Waals surface area contributed by atoms with E-state index in [1.165, 1.54) is 13.0 Å². The van der Waals surface area contributed by atoms with Crippen LogP contribution in [0.25, 0.3) is 0 Å². The molecular formula is C19H17ClN2O5. The largest absolute Gasteiger partial charge is 0.449 e. The minimum atomic E-state index is -1.11. The highest BCUT2D eigenvalue weighted by molar-refractivity contribution is 6.31. The van der Waals surface area contributed by atoms with Crippen LogP contribution >= 0.6 is 11.6 Å². The van der Waals surface area contributed by atoms with Crippen LogP contribution in [0.4, 0.5) is 11.4 Å². The van der Waals surface area contributed by atoms with Crippen LogP contribution in [0.5, 0.6) is 0 Å². The minimum Gasteiger partial charge on any atom is -0.449 e. The van der Waals surface area contributed by atoms with Gasteiger partial charge in [0, 0.05) is 22.8 Å². The fraction of sp³-hybridized carbons (Fsp3) is 0.263. The number of fused-ring (bicyclic) bond motifs is 1. The van der Waals surface area contributed by atoms with Crippen molar-refractivity contribution in [3.05, 3.63) is 68.7 Å². The van der Waals surface area contributed by atoms with Gasteiger partial charge >= 0.3 is 5.97 Å². The van der Waals surface area contributed by atoms with Crippen molar-refractivity contribution in [3.8, 4) is 0 Å². The first-order valence-corrected chi connectivity index (χ1v) is 8.73. The predicted octanol–water partition coefficient (Wildman–Crippen LogP) is 3.77. The van der Waals surface area contributed by atoms with Gasteiger partial charge < -0.3 is 9.64 Å². The number of nitro groups is 1. The number of esters is 1. The molecule has 0 radical (unpaired) electrons. The van der Waals surface area contributed by atoms with E-state index in [-0.39, 0.29) is 22.5 Å². The fourth-order valence-corrected chi connectivity index (χ4v) is 3.37. The van der Waals surface area contributed by atoms with E-state index in [9.17, 15) is 19.7 Å². The van der Waals surface area contributed by atoms with Gasteiger partial charge in [0.2, 0.25) is 0 Å². The number of carbonyl (C=O) groups excluding carboxylic acids is 2. The lowest BCUT2D eigenvalue weighted by molar-refractivity contribution is -0.385. The number of nitrogens with zero attached hydrogens (tertiary/aromatic N) is 2. The van der Waals surface area contributed by atoms with E-state index in [0.717, 1.165) is 23.4 Å². The van der Waals surface area contributed by atoms with Crippen molar-refractivity contribution in [2.45, 2.75) is 32.4 Å². The van der Waals surface area contributed by atoms with E-state index in [1.807, 2.05) is 31.2 Å². The molecule has 1 heterocycles. The molecule has 1 aliphatic heterocycles. The van der Waals surface area contributed by atoms with E-state index in [0.29, 0.717) is 6.42 Å². The smallest absolute Gasteiger partial charge is 0.345 e. The summed E-state index contributed by atoms with van der Waals surface area (Å²) in [5, 5.41) is 11.3. The summed E-state index contributed by atoms with van der Waals surface area (Å²) < 4.78 is 5.23. The van der Waals surface area contributed by atoms with Crippen LogP contribution in [0, 0.1) is 10.1 Å². The molecule has 0 aromatic heterocycles. The van der Waals surface area contributed by atoms with Crippen LogP contribution in [0.1, 0.15) is 29.8 Å². The molecular weight excluding hydrogens is 372 g/mol. The van der Waals surface area contributed by atoms with E-state index in [4.69, 9.17) is 16.3 Å². The average molecular weight is 389 g/mol. The zero-order chi connectivity index (χ0) is 19.7. The Bertz CT molecular complexity index is 930. The van der Waals surface area contributed by atoms with Gasteiger partial charge in [0.05, 0.1) is 4.92 Å². The highest BCUT2D eigenvalue weighted by Gasteiger charge is 2.35. The van der Waals surface area contributed by atoms with Gasteiger partial charge in [-0.3, -0.25) is 14.9 Å². The molecule has 2 aromatic carbocycles. The van der Waals surface area contributed by atoms with Crippen LogP contribution in [0.2, 0.25) is 5.02 Å². The summed E-state index contributed by atoms with van der Waals surface area (Å²) in [7, 11) is 0. The van der Waals surface area contributed by atoms with Gasteiger partial charge in [0.1, 0.15) is 5.56 Å². The number of carbonyl (C=O) groups is 2. The molecule has 0 spiro atoms. The van der Waals surface area contributed by atoms with Crippen LogP contribution < -0.4 is 4.90 Å². The summed E-state index contributed by atoms with van der Waals surface area (Å²) in [6.45, 7) is 3.36. The van der Waals surface area contributed by atoms with E-state index in [1.54, 1.807) is 4.90 Å². The molecule has 0 saturated carbocycles. The van der Waals surface area contributed by atoms with Crippen molar-refractivity contribution < 1.29 is 19.2 Å². The van der Waals surface area contributed by atoms with E-state index >= 15 is 0 Å². The van der Waals surface area contributed by atoms with Gasteiger partial charge in [-0.05, 0) is 44.0 Å². The summed E-state index contributed by atoms with van der Waals surface area (Å²) in [4.78, 5) is 37.3. The Kier molecular flexibility index (Phi) is 5.14.